The second-order valence-electron chi connectivity index (χ2n) is 3.60. The van der Waals surface area contributed by atoms with Crippen molar-refractivity contribution in [2.75, 3.05) is 0 Å². The van der Waals surface area contributed by atoms with Gasteiger partial charge in [0.1, 0.15) is 10.8 Å². The van der Waals surface area contributed by atoms with Crippen molar-refractivity contribution in [3.8, 4) is 5.69 Å². The average molecular weight is 233 g/mol. The third-order valence-electron chi connectivity index (χ3n) is 2.47. The molecule has 0 aliphatic carbocycles. The summed E-state index contributed by atoms with van der Waals surface area (Å²) < 4.78 is 3.72. The van der Waals surface area contributed by atoms with E-state index in [1.54, 1.807) is 16.9 Å². The molecule has 3 rings (SSSR count). The monoisotopic (exact) mass is 232 g/mol. The Morgan fingerprint density at radius 3 is 2.88 bits per heavy atom. The molecular formula is C11H9ClN4. The molecule has 0 aliphatic heterocycles. The van der Waals surface area contributed by atoms with Gasteiger partial charge in [-0.2, -0.15) is 5.10 Å². The molecule has 0 bridgehead atoms. The summed E-state index contributed by atoms with van der Waals surface area (Å²) in [5.74, 6) is 0. The molecule has 3 aromatic rings. The molecule has 3 heterocycles. The fourth-order valence-corrected chi connectivity index (χ4v) is 1.87. The SMILES string of the molecule is Cn1cc(-n2ccc3ccc(Cl)nc32)cn1. The topological polar surface area (TPSA) is 35.6 Å². The van der Waals surface area contributed by atoms with Gasteiger partial charge in [-0.3, -0.25) is 9.25 Å². The number of nitrogens with zero attached hydrogens (tertiary/aromatic N) is 4. The number of hydrogen-bond donors (Lipinski definition) is 0. The first-order chi connectivity index (χ1) is 7.74. The van der Waals surface area contributed by atoms with E-state index in [0.717, 1.165) is 16.7 Å². The molecule has 0 saturated carbocycles. The van der Waals surface area contributed by atoms with E-state index in [9.17, 15) is 0 Å². The van der Waals surface area contributed by atoms with Gasteiger partial charge in [0, 0.05) is 24.8 Å². The Balaban J connectivity index is 2.27. The van der Waals surface area contributed by atoms with Gasteiger partial charge >= 0.3 is 0 Å². The third-order valence-corrected chi connectivity index (χ3v) is 2.68. The van der Waals surface area contributed by atoms with Crippen LogP contribution in [0.2, 0.25) is 5.15 Å². The molecule has 0 radical (unpaired) electrons. The predicted octanol–water partition coefficient (Wildman–Crippen LogP) is 2.41. The van der Waals surface area contributed by atoms with Crippen LogP contribution in [0.15, 0.2) is 36.8 Å². The van der Waals surface area contributed by atoms with Gasteiger partial charge in [0.15, 0.2) is 0 Å². The highest BCUT2D eigenvalue weighted by atomic mass is 35.5. The molecule has 0 atom stereocenters. The van der Waals surface area contributed by atoms with E-state index < -0.39 is 0 Å². The van der Waals surface area contributed by atoms with E-state index in [2.05, 4.69) is 10.1 Å². The average Bonchev–Trinajstić information content (AvgIpc) is 2.83. The van der Waals surface area contributed by atoms with Crippen molar-refractivity contribution in [2.45, 2.75) is 0 Å². The number of halogens is 1. The second-order valence-corrected chi connectivity index (χ2v) is 3.99. The lowest BCUT2D eigenvalue weighted by molar-refractivity contribution is 0.767. The fraction of sp³-hybridized carbons (Fsp3) is 0.0909. The van der Waals surface area contributed by atoms with Crippen molar-refractivity contribution in [1.82, 2.24) is 19.3 Å². The minimum atomic E-state index is 0.497. The van der Waals surface area contributed by atoms with Crippen molar-refractivity contribution in [3.63, 3.8) is 0 Å². The predicted molar refractivity (Wildman–Crippen MR) is 62.8 cm³/mol. The van der Waals surface area contributed by atoms with Gasteiger partial charge in [0.2, 0.25) is 0 Å². The molecule has 5 heteroatoms. The van der Waals surface area contributed by atoms with Crippen LogP contribution < -0.4 is 0 Å². The molecule has 0 saturated heterocycles. The van der Waals surface area contributed by atoms with Crippen LogP contribution in [0.1, 0.15) is 0 Å². The largest absolute Gasteiger partial charge is 0.298 e. The van der Waals surface area contributed by atoms with Crippen molar-refractivity contribution in [2.24, 2.45) is 7.05 Å². The van der Waals surface area contributed by atoms with E-state index in [0.29, 0.717) is 5.15 Å². The van der Waals surface area contributed by atoms with Crippen molar-refractivity contribution in [3.05, 3.63) is 41.9 Å². The third kappa shape index (κ3) is 1.39. The summed E-state index contributed by atoms with van der Waals surface area (Å²) in [5, 5.41) is 5.70. The summed E-state index contributed by atoms with van der Waals surface area (Å²) in [6, 6.07) is 5.75. The van der Waals surface area contributed by atoms with Crippen molar-refractivity contribution < 1.29 is 0 Å². The maximum atomic E-state index is 5.89. The summed E-state index contributed by atoms with van der Waals surface area (Å²) in [4.78, 5) is 4.31. The number of rotatable bonds is 1. The Labute approximate surface area is 97.1 Å². The highest BCUT2D eigenvalue weighted by molar-refractivity contribution is 6.29. The smallest absolute Gasteiger partial charge is 0.146 e. The van der Waals surface area contributed by atoms with E-state index in [4.69, 9.17) is 11.6 Å². The summed E-state index contributed by atoms with van der Waals surface area (Å²) >= 11 is 5.89. The highest BCUT2D eigenvalue weighted by Crippen LogP contribution is 2.20. The van der Waals surface area contributed by atoms with Crippen molar-refractivity contribution >= 4 is 22.6 Å². The number of fused-ring (bicyclic) bond motifs is 1. The molecule has 4 nitrogen and oxygen atoms in total. The first-order valence-corrected chi connectivity index (χ1v) is 5.24. The van der Waals surface area contributed by atoms with Gasteiger partial charge in [-0.05, 0) is 18.2 Å². The van der Waals surface area contributed by atoms with Gasteiger partial charge in [-0.15, -0.1) is 0 Å². The van der Waals surface area contributed by atoms with Gasteiger partial charge in [-0.25, -0.2) is 4.98 Å². The van der Waals surface area contributed by atoms with Gasteiger partial charge in [0.25, 0.3) is 0 Å². The zero-order valence-electron chi connectivity index (χ0n) is 8.63. The number of pyridine rings is 1. The van der Waals surface area contributed by atoms with Gasteiger partial charge in [0.05, 0.1) is 11.9 Å². The molecule has 3 aromatic heterocycles. The van der Waals surface area contributed by atoms with E-state index in [-0.39, 0.29) is 0 Å². The maximum absolute atomic E-state index is 5.89. The standard InChI is InChI=1S/C11H9ClN4/c1-15-7-9(6-13-15)16-5-4-8-2-3-10(12)14-11(8)16/h2-7H,1H3. The molecule has 0 spiro atoms. The highest BCUT2D eigenvalue weighted by Gasteiger charge is 2.06. The second kappa shape index (κ2) is 3.35. The van der Waals surface area contributed by atoms with Crippen LogP contribution in [0, 0.1) is 0 Å². The molecule has 0 aliphatic rings. The van der Waals surface area contributed by atoms with Gasteiger partial charge < -0.3 is 0 Å². The van der Waals surface area contributed by atoms with Crippen LogP contribution in [0.25, 0.3) is 16.7 Å². The van der Waals surface area contributed by atoms with E-state index in [1.807, 2.05) is 36.1 Å². The Hall–Kier alpha value is -1.81. The molecule has 0 aromatic carbocycles. The Bertz CT molecular complexity index is 653. The summed E-state index contributed by atoms with van der Waals surface area (Å²) in [5.41, 5.74) is 1.83. The molecule has 0 amide bonds. The summed E-state index contributed by atoms with van der Waals surface area (Å²) in [7, 11) is 1.88. The number of aromatic nitrogens is 4. The molecular weight excluding hydrogens is 224 g/mol. The quantitative estimate of drug-likeness (QED) is 0.604. The van der Waals surface area contributed by atoms with Crippen LogP contribution in [-0.4, -0.2) is 19.3 Å². The Kier molecular flexibility index (Phi) is 1.97. The lowest BCUT2D eigenvalue weighted by atomic mass is 10.3. The molecule has 80 valence electrons. The number of hydrogen-bond acceptors (Lipinski definition) is 2. The molecule has 0 unspecified atom stereocenters. The fourth-order valence-electron chi connectivity index (χ4n) is 1.73. The normalized spacial score (nSPS) is 11.1. The maximum Gasteiger partial charge on any atom is 0.146 e. The minimum Gasteiger partial charge on any atom is -0.298 e. The van der Waals surface area contributed by atoms with Crippen molar-refractivity contribution in [1.29, 1.82) is 0 Å². The van der Waals surface area contributed by atoms with Crippen LogP contribution in [-0.2, 0) is 7.05 Å². The minimum absolute atomic E-state index is 0.497. The first-order valence-electron chi connectivity index (χ1n) is 4.87. The van der Waals surface area contributed by atoms with E-state index in [1.165, 1.54) is 0 Å². The van der Waals surface area contributed by atoms with Crippen LogP contribution in [0.4, 0.5) is 0 Å². The Morgan fingerprint density at radius 1 is 1.25 bits per heavy atom. The Morgan fingerprint density at radius 2 is 2.12 bits per heavy atom. The zero-order valence-corrected chi connectivity index (χ0v) is 9.39. The lowest BCUT2D eigenvalue weighted by Gasteiger charge is -2.00. The summed E-state index contributed by atoms with van der Waals surface area (Å²) in [6.45, 7) is 0. The lowest BCUT2D eigenvalue weighted by Crippen LogP contribution is -1.92. The molecule has 0 fully saturated rings. The molecule has 16 heavy (non-hydrogen) atoms. The van der Waals surface area contributed by atoms with Gasteiger partial charge in [-0.1, -0.05) is 11.6 Å². The number of aryl methyl sites for hydroxylation is 1. The first kappa shape index (κ1) is 9.42. The molecule has 0 N–H and O–H groups in total. The summed E-state index contributed by atoms with van der Waals surface area (Å²) in [6.07, 6.45) is 5.69. The van der Waals surface area contributed by atoms with Crippen LogP contribution in [0.5, 0.6) is 0 Å². The van der Waals surface area contributed by atoms with Crippen LogP contribution in [0.3, 0.4) is 0 Å². The zero-order chi connectivity index (χ0) is 11.1. The van der Waals surface area contributed by atoms with E-state index >= 15 is 0 Å². The van der Waals surface area contributed by atoms with Crippen LogP contribution >= 0.6 is 11.6 Å².